The average Bonchev–Trinajstić information content (AvgIpc) is 3.50. The van der Waals surface area contributed by atoms with Gasteiger partial charge in [0.2, 0.25) is 5.91 Å². The topological polar surface area (TPSA) is 71.5 Å². The quantitative estimate of drug-likeness (QED) is 0.489. The lowest BCUT2D eigenvalue weighted by Crippen LogP contribution is -2.28. The van der Waals surface area contributed by atoms with Crippen LogP contribution < -0.4 is 10.1 Å². The fourth-order valence-electron chi connectivity index (χ4n) is 3.78. The van der Waals surface area contributed by atoms with E-state index in [1.165, 1.54) is 6.08 Å². The van der Waals surface area contributed by atoms with Gasteiger partial charge in [0.05, 0.1) is 10.7 Å². The minimum absolute atomic E-state index is 0.0290. The molecule has 1 fully saturated rings. The van der Waals surface area contributed by atoms with E-state index in [-0.39, 0.29) is 11.8 Å². The summed E-state index contributed by atoms with van der Waals surface area (Å²) < 4.78 is 5.82. The first-order valence-corrected chi connectivity index (χ1v) is 11.9. The molecule has 2 amide bonds. The molecule has 6 nitrogen and oxygen atoms in total. The maximum Gasteiger partial charge on any atom is 0.254 e. The van der Waals surface area contributed by atoms with E-state index in [9.17, 15) is 9.59 Å². The molecule has 0 spiro atoms. The highest BCUT2D eigenvalue weighted by Gasteiger charge is 2.21. The van der Waals surface area contributed by atoms with E-state index in [1.807, 2.05) is 60.5 Å². The summed E-state index contributed by atoms with van der Waals surface area (Å²) in [4.78, 5) is 31.6. The average molecular weight is 462 g/mol. The van der Waals surface area contributed by atoms with Crippen molar-refractivity contribution in [1.82, 2.24) is 9.88 Å². The summed E-state index contributed by atoms with van der Waals surface area (Å²) in [5.74, 6) is 0.488. The molecular weight excluding hydrogens is 434 g/mol. The first-order valence-electron chi connectivity index (χ1n) is 11.0. The molecule has 170 valence electrons. The van der Waals surface area contributed by atoms with Gasteiger partial charge in [-0.1, -0.05) is 18.2 Å². The lowest BCUT2D eigenvalue weighted by Gasteiger charge is -2.18. The van der Waals surface area contributed by atoms with Crippen LogP contribution in [0.4, 0.5) is 5.69 Å². The highest BCUT2D eigenvalue weighted by molar-refractivity contribution is 7.09. The number of hydrogen-bond donors (Lipinski definition) is 1. The van der Waals surface area contributed by atoms with E-state index >= 15 is 0 Å². The number of hydrogen-bond acceptors (Lipinski definition) is 5. The monoisotopic (exact) mass is 461 g/mol. The van der Waals surface area contributed by atoms with Crippen molar-refractivity contribution < 1.29 is 14.3 Å². The van der Waals surface area contributed by atoms with Crippen LogP contribution in [0, 0.1) is 13.8 Å². The zero-order valence-electron chi connectivity index (χ0n) is 18.8. The summed E-state index contributed by atoms with van der Waals surface area (Å²) in [5, 5.41) is 5.89. The number of anilines is 1. The molecule has 1 N–H and O–H groups in total. The van der Waals surface area contributed by atoms with E-state index in [2.05, 4.69) is 10.3 Å². The Balaban J connectivity index is 1.38. The summed E-state index contributed by atoms with van der Waals surface area (Å²) in [6.45, 7) is 5.83. The minimum atomic E-state index is -0.256. The molecular formula is C26H27N3O3S. The zero-order valence-corrected chi connectivity index (χ0v) is 19.7. The normalized spacial score (nSPS) is 13.5. The third-order valence-corrected chi connectivity index (χ3v) is 6.38. The second kappa shape index (κ2) is 10.4. The van der Waals surface area contributed by atoms with Crippen molar-refractivity contribution in [2.24, 2.45) is 0 Å². The number of ether oxygens (including phenoxy) is 1. The molecule has 2 heterocycles. The van der Waals surface area contributed by atoms with Crippen LogP contribution in [0.25, 0.3) is 6.08 Å². The standard InChI is InChI=1S/C26H27N3O3S/c1-18-23(26(31)29-13-3-4-14-29)9-6-10-24(18)28-25(30)12-11-20-7-5-8-22(15-20)32-16-21-17-33-19(2)27-21/h5-12,15,17H,3-4,13-14,16H2,1-2H3,(H,28,30)/b12-11+. The number of aromatic nitrogens is 1. The Morgan fingerprint density at radius 3 is 2.70 bits per heavy atom. The van der Waals surface area contributed by atoms with Gasteiger partial charge in [-0.2, -0.15) is 0 Å². The van der Waals surface area contributed by atoms with Gasteiger partial charge in [0.15, 0.2) is 0 Å². The van der Waals surface area contributed by atoms with Crippen molar-refractivity contribution >= 4 is 34.9 Å². The lowest BCUT2D eigenvalue weighted by molar-refractivity contribution is -0.111. The van der Waals surface area contributed by atoms with E-state index in [1.54, 1.807) is 23.5 Å². The number of nitrogens with zero attached hydrogens (tertiary/aromatic N) is 2. The number of rotatable bonds is 7. The fraction of sp³-hybridized carbons (Fsp3) is 0.269. The Hall–Kier alpha value is -3.45. The summed E-state index contributed by atoms with van der Waals surface area (Å²) in [6.07, 6.45) is 5.31. The third kappa shape index (κ3) is 5.87. The molecule has 0 saturated carbocycles. The third-order valence-electron chi connectivity index (χ3n) is 5.55. The smallest absolute Gasteiger partial charge is 0.254 e. The molecule has 0 radical (unpaired) electrons. The van der Waals surface area contributed by atoms with E-state index in [0.29, 0.717) is 23.6 Å². The first kappa shape index (κ1) is 22.7. The Labute approximate surface area is 197 Å². The van der Waals surface area contributed by atoms with Gasteiger partial charge in [-0.25, -0.2) is 4.98 Å². The Kier molecular flexibility index (Phi) is 7.19. The van der Waals surface area contributed by atoms with E-state index < -0.39 is 0 Å². The van der Waals surface area contributed by atoms with Crippen molar-refractivity contribution in [1.29, 1.82) is 0 Å². The van der Waals surface area contributed by atoms with Crippen molar-refractivity contribution in [3.8, 4) is 5.75 Å². The van der Waals surface area contributed by atoms with E-state index in [4.69, 9.17) is 4.74 Å². The molecule has 2 aromatic carbocycles. The fourth-order valence-corrected chi connectivity index (χ4v) is 4.38. The van der Waals surface area contributed by atoms with Crippen molar-refractivity contribution in [2.75, 3.05) is 18.4 Å². The van der Waals surface area contributed by atoms with Gasteiger partial charge in [0, 0.05) is 35.8 Å². The van der Waals surface area contributed by atoms with Crippen LogP contribution in [0.1, 0.15) is 45.0 Å². The molecule has 1 aromatic heterocycles. The predicted molar refractivity (Wildman–Crippen MR) is 132 cm³/mol. The molecule has 33 heavy (non-hydrogen) atoms. The van der Waals surface area contributed by atoms with Crippen LogP contribution in [0.2, 0.25) is 0 Å². The van der Waals surface area contributed by atoms with Crippen LogP contribution >= 0.6 is 11.3 Å². The molecule has 0 unspecified atom stereocenters. The number of amides is 2. The van der Waals surface area contributed by atoms with Gasteiger partial charge in [-0.05, 0) is 68.2 Å². The molecule has 0 bridgehead atoms. The van der Waals surface area contributed by atoms with Gasteiger partial charge >= 0.3 is 0 Å². The van der Waals surface area contributed by atoms with Crippen LogP contribution in [-0.4, -0.2) is 34.8 Å². The summed E-state index contributed by atoms with van der Waals surface area (Å²) in [5.41, 5.74) is 3.82. The van der Waals surface area contributed by atoms with Crippen molar-refractivity contribution in [3.63, 3.8) is 0 Å². The number of thiazole rings is 1. The minimum Gasteiger partial charge on any atom is -0.487 e. The Morgan fingerprint density at radius 1 is 1.15 bits per heavy atom. The number of nitrogens with one attached hydrogen (secondary N) is 1. The highest BCUT2D eigenvalue weighted by atomic mass is 32.1. The van der Waals surface area contributed by atoms with Crippen LogP contribution in [0.3, 0.4) is 0 Å². The number of likely N-dealkylation sites (tertiary alicyclic amines) is 1. The molecule has 4 rings (SSSR count). The van der Waals surface area contributed by atoms with Crippen molar-refractivity contribution in [3.05, 3.63) is 81.3 Å². The van der Waals surface area contributed by atoms with Gasteiger partial charge < -0.3 is 15.0 Å². The summed E-state index contributed by atoms with van der Waals surface area (Å²) in [7, 11) is 0. The zero-order chi connectivity index (χ0) is 23.2. The van der Waals surface area contributed by atoms with Crippen LogP contribution in [0.5, 0.6) is 5.75 Å². The molecule has 3 aromatic rings. The maximum absolute atomic E-state index is 12.8. The molecule has 1 aliphatic rings. The molecule has 1 aliphatic heterocycles. The Morgan fingerprint density at radius 2 is 1.94 bits per heavy atom. The predicted octanol–water partition coefficient (Wildman–Crippen LogP) is 5.23. The van der Waals surface area contributed by atoms with Gasteiger partial charge in [-0.3, -0.25) is 9.59 Å². The number of carbonyl (C=O) groups is 2. The lowest BCUT2D eigenvalue weighted by atomic mass is 10.1. The van der Waals surface area contributed by atoms with Gasteiger partial charge in [0.25, 0.3) is 5.91 Å². The molecule has 0 aliphatic carbocycles. The second-order valence-corrected chi connectivity index (χ2v) is 9.08. The number of carbonyl (C=O) groups excluding carboxylic acids is 2. The summed E-state index contributed by atoms with van der Waals surface area (Å²) in [6, 6.07) is 13.0. The molecule has 0 atom stereocenters. The molecule has 1 saturated heterocycles. The number of aryl methyl sites for hydroxylation is 1. The van der Waals surface area contributed by atoms with Crippen molar-refractivity contribution in [2.45, 2.75) is 33.3 Å². The highest BCUT2D eigenvalue weighted by Crippen LogP contribution is 2.23. The number of benzene rings is 2. The van der Waals surface area contributed by atoms with Crippen LogP contribution in [0.15, 0.2) is 53.9 Å². The van der Waals surface area contributed by atoms with Crippen LogP contribution in [-0.2, 0) is 11.4 Å². The van der Waals surface area contributed by atoms with E-state index in [0.717, 1.165) is 47.8 Å². The molecule has 7 heteroatoms. The van der Waals surface area contributed by atoms with Gasteiger partial charge in [0.1, 0.15) is 12.4 Å². The second-order valence-electron chi connectivity index (χ2n) is 8.02. The summed E-state index contributed by atoms with van der Waals surface area (Å²) >= 11 is 1.60. The first-order chi connectivity index (χ1) is 16.0. The largest absolute Gasteiger partial charge is 0.487 e. The SMILES string of the molecule is Cc1nc(COc2cccc(/C=C/C(=O)Nc3cccc(C(=O)N4CCCC4)c3C)c2)cs1. The van der Waals surface area contributed by atoms with Gasteiger partial charge in [-0.15, -0.1) is 11.3 Å². The maximum atomic E-state index is 12.8. The Bertz CT molecular complexity index is 1180.